The van der Waals surface area contributed by atoms with Gasteiger partial charge in [-0.1, -0.05) is 32.0 Å². The topological polar surface area (TPSA) is 88.4 Å². The molecule has 1 aromatic heterocycles. The molecule has 3 rings (SSSR count). The van der Waals surface area contributed by atoms with E-state index in [9.17, 15) is 14.4 Å². The first-order chi connectivity index (χ1) is 15.2. The summed E-state index contributed by atoms with van der Waals surface area (Å²) < 4.78 is 3.32. The summed E-state index contributed by atoms with van der Waals surface area (Å²) >= 11 is 0. The van der Waals surface area contributed by atoms with Gasteiger partial charge in [0.15, 0.2) is 0 Å². The smallest absolute Gasteiger partial charge is 0.295 e. The third-order valence-electron chi connectivity index (χ3n) is 6.37. The fourth-order valence-corrected chi connectivity index (χ4v) is 4.17. The minimum atomic E-state index is -0.372. The summed E-state index contributed by atoms with van der Waals surface area (Å²) in [6, 6.07) is 9.00. The van der Waals surface area contributed by atoms with Crippen LogP contribution in [-0.2, 0) is 16.6 Å². The van der Waals surface area contributed by atoms with Gasteiger partial charge in [-0.15, -0.1) is 0 Å². The maximum Gasteiger partial charge on any atom is 0.295 e. The number of hydrogen-bond donors (Lipinski definition) is 2. The number of amides is 2. The molecule has 0 radical (unpaired) electrons. The molecule has 2 atom stereocenters. The molecule has 2 N–H and O–H groups in total. The van der Waals surface area contributed by atoms with Gasteiger partial charge >= 0.3 is 0 Å². The second-order valence-electron chi connectivity index (χ2n) is 9.00. The molecule has 2 unspecified atom stereocenters. The van der Waals surface area contributed by atoms with Crippen molar-refractivity contribution >= 4 is 17.5 Å². The second kappa shape index (κ2) is 10.2. The SMILES string of the molecule is Cc1c(NC(=O)C(C)N2CCCC(CNC(=O)C(C)C)C2)c(=O)n(-c2ccccc2)n1C. The molecule has 1 aliphatic heterocycles. The Morgan fingerprint density at radius 3 is 2.47 bits per heavy atom. The van der Waals surface area contributed by atoms with Gasteiger partial charge in [-0.2, -0.15) is 0 Å². The van der Waals surface area contributed by atoms with Crippen molar-refractivity contribution in [1.29, 1.82) is 0 Å². The number of aromatic nitrogens is 2. The normalized spacial score (nSPS) is 17.9. The number of nitrogens with one attached hydrogen (secondary N) is 2. The summed E-state index contributed by atoms with van der Waals surface area (Å²) in [6.45, 7) is 9.66. The van der Waals surface area contributed by atoms with Crippen LogP contribution in [0.3, 0.4) is 0 Å². The molecule has 174 valence electrons. The number of anilines is 1. The van der Waals surface area contributed by atoms with Crippen molar-refractivity contribution < 1.29 is 9.59 Å². The van der Waals surface area contributed by atoms with Gasteiger partial charge in [-0.25, -0.2) is 4.68 Å². The van der Waals surface area contributed by atoms with Gasteiger partial charge < -0.3 is 10.6 Å². The molecule has 8 nitrogen and oxygen atoms in total. The quantitative estimate of drug-likeness (QED) is 0.690. The minimum absolute atomic E-state index is 0.0339. The van der Waals surface area contributed by atoms with Crippen LogP contribution in [0.2, 0.25) is 0 Å². The van der Waals surface area contributed by atoms with E-state index in [2.05, 4.69) is 15.5 Å². The average Bonchev–Trinajstić information content (AvgIpc) is 3.00. The van der Waals surface area contributed by atoms with Gasteiger partial charge in [-0.05, 0) is 51.3 Å². The first kappa shape index (κ1) is 23.8. The van der Waals surface area contributed by atoms with Crippen molar-refractivity contribution in [3.05, 3.63) is 46.4 Å². The Labute approximate surface area is 189 Å². The van der Waals surface area contributed by atoms with Crippen molar-refractivity contribution in [2.75, 3.05) is 25.0 Å². The van der Waals surface area contributed by atoms with Crippen LogP contribution in [0, 0.1) is 18.8 Å². The molecule has 32 heavy (non-hydrogen) atoms. The second-order valence-corrected chi connectivity index (χ2v) is 9.00. The molecule has 0 bridgehead atoms. The molecule has 0 spiro atoms. The van der Waals surface area contributed by atoms with Crippen LogP contribution in [-0.4, -0.2) is 51.8 Å². The number of hydrogen-bond acceptors (Lipinski definition) is 4. The number of rotatable bonds is 7. The third-order valence-corrected chi connectivity index (χ3v) is 6.37. The van der Waals surface area contributed by atoms with Gasteiger partial charge in [-0.3, -0.25) is 24.0 Å². The fourth-order valence-electron chi connectivity index (χ4n) is 4.17. The Kier molecular flexibility index (Phi) is 7.56. The summed E-state index contributed by atoms with van der Waals surface area (Å²) in [7, 11) is 1.81. The highest BCUT2D eigenvalue weighted by Crippen LogP contribution is 2.20. The Balaban J connectivity index is 1.68. The molecule has 8 heteroatoms. The van der Waals surface area contributed by atoms with E-state index in [0.717, 1.165) is 31.6 Å². The third kappa shape index (κ3) is 5.12. The minimum Gasteiger partial charge on any atom is -0.356 e. The van der Waals surface area contributed by atoms with Crippen molar-refractivity contribution in [2.45, 2.75) is 46.6 Å². The lowest BCUT2D eigenvalue weighted by atomic mass is 9.96. The number of benzene rings is 1. The Morgan fingerprint density at radius 1 is 1.12 bits per heavy atom. The molecule has 1 aliphatic rings. The Bertz CT molecular complexity index is 1010. The molecular weight excluding hydrogens is 406 g/mol. The van der Waals surface area contributed by atoms with E-state index in [1.165, 1.54) is 0 Å². The van der Waals surface area contributed by atoms with Gasteiger partial charge in [0.2, 0.25) is 11.8 Å². The maximum atomic E-state index is 13.1. The highest BCUT2D eigenvalue weighted by molar-refractivity contribution is 5.95. The standard InChI is InChI=1S/C24H35N5O3/c1-16(2)22(30)25-14-19-10-9-13-28(15-19)18(4)23(31)26-21-17(3)27(5)29(24(21)32)20-11-7-6-8-12-20/h6-8,11-12,16,18-19H,9-10,13-15H2,1-5H3,(H,25,30)(H,26,31). The predicted molar refractivity (Wildman–Crippen MR) is 126 cm³/mol. The highest BCUT2D eigenvalue weighted by atomic mass is 16.2. The van der Waals surface area contributed by atoms with Crippen LogP contribution in [0.4, 0.5) is 5.69 Å². The molecular formula is C24H35N5O3. The lowest BCUT2D eigenvalue weighted by molar-refractivity contribution is -0.125. The summed E-state index contributed by atoms with van der Waals surface area (Å²) in [5.74, 6) is 0.147. The lowest BCUT2D eigenvalue weighted by Crippen LogP contribution is -2.49. The van der Waals surface area contributed by atoms with E-state index in [1.54, 1.807) is 9.36 Å². The number of carbonyl (C=O) groups is 2. The first-order valence-corrected chi connectivity index (χ1v) is 11.4. The van der Waals surface area contributed by atoms with E-state index in [4.69, 9.17) is 0 Å². The fraction of sp³-hybridized carbons (Fsp3) is 0.542. The van der Waals surface area contributed by atoms with Gasteiger partial charge in [0.25, 0.3) is 5.56 Å². The monoisotopic (exact) mass is 441 g/mol. The van der Waals surface area contributed by atoms with E-state index in [1.807, 2.05) is 65.1 Å². The van der Waals surface area contributed by atoms with Gasteiger partial charge in [0, 0.05) is 26.1 Å². The van der Waals surface area contributed by atoms with Crippen molar-refractivity contribution in [3.8, 4) is 5.69 Å². The average molecular weight is 442 g/mol. The summed E-state index contributed by atoms with van der Waals surface area (Å²) in [6.07, 6.45) is 2.01. The predicted octanol–water partition coefficient (Wildman–Crippen LogP) is 2.30. The highest BCUT2D eigenvalue weighted by Gasteiger charge is 2.29. The molecule has 0 aliphatic carbocycles. The zero-order valence-corrected chi connectivity index (χ0v) is 19.7. The van der Waals surface area contributed by atoms with E-state index >= 15 is 0 Å². The van der Waals surface area contributed by atoms with Gasteiger partial charge in [0.05, 0.1) is 17.4 Å². The Hall–Kier alpha value is -2.87. The first-order valence-electron chi connectivity index (χ1n) is 11.4. The molecule has 0 saturated carbocycles. The van der Waals surface area contributed by atoms with E-state index in [-0.39, 0.29) is 29.3 Å². The Morgan fingerprint density at radius 2 is 1.81 bits per heavy atom. The zero-order chi connectivity index (χ0) is 23.4. The maximum absolute atomic E-state index is 13.1. The number of para-hydroxylation sites is 1. The summed E-state index contributed by atoms with van der Waals surface area (Å²) in [4.78, 5) is 40.2. The number of likely N-dealkylation sites (tertiary alicyclic amines) is 1. The van der Waals surface area contributed by atoms with Crippen LogP contribution in [0.5, 0.6) is 0 Å². The lowest BCUT2D eigenvalue weighted by Gasteiger charge is -2.36. The molecule has 2 heterocycles. The number of nitrogens with zero attached hydrogens (tertiary/aromatic N) is 3. The molecule has 1 aromatic carbocycles. The summed E-state index contributed by atoms with van der Waals surface area (Å²) in [5, 5.41) is 5.89. The number of carbonyl (C=O) groups excluding carboxylic acids is 2. The van der Waals surface area contributed by atoms with Crippen LogP contribution >= 0.6 is 0 Å². The number of piperidine rings is 1. The summed E-state index contributed by atoms with van der Waals surface area (Å²) in [5.41, 5.74) is 1.52. The van der Waals surface area contributed by atoms with E-state index in [0.29, 0.717) is 23.8 Å². The molecule has 2 amide bonds. The largest absolute Gasteiger partial charge is 0.356 e. The van der Waals surface area contributed by atoms with Crippen molar-refractivity contribution in [1.82, 2.24) is 19.6 Å². The van der Waals surface area contributed by atoms with Crippen LogP contribution in [0.25, 0.3) is 5.69 Å². The van der Waals surface area contributed by atoms with Crippen LogP contribution in [0.1, 0.15) is 39.3 Å². The molecule has 1 fully saturated rings. The zero-order valence-electron chi connectivity index (χ0n) is 19.7. The van der Waals surface area contributed by atoms with Crippen LogP contribution in [0.15, 0.2) is 35.1 Å². The molecule has 1 saturated heterocycles. The van der Waals surface area contributed by atoms with Gasteiger partial charge in [0.1, 0.15) is 5.69 Å². The van der Waals surface area contributed by atoms with Crippen LogP contribution < -0.4 is 16.2 Å². The molecule has 2 aromatic rings. The van der Waals surface area contributed by atoms with Crippen molar-refractivity contribution in [3.63, 3.8) is 0 Å². The van der Waals surface area contributed by atoms with E-state index < -0.39 is 0 Å². The van der Waals surface area contributed by atoms with Crippen molar-refractivity contribution in [2.24, 2.45) is 18.9 Å².